The van der Waals surface area contributed by atoms with E-state index in [9.17, 15) is 9.65 Å². The van der Waals surface area contributed by atoms with Gasteiger partial charge >= 0.3 is 0 Å². The van der Waals surface area contributed by atoms with E-state index in [0.29, 0.717) is 37.2 Å². The van der Waals surface area contributed by atoms with Gasteiger partial charge in [0.05, 0.1) is 17.1 Å². The third-order valence-electron chi connectivity index (χ3n) is 7.83. The molecule has 0 aliphatic carbocycles. The molecule has 3 aliphatic rings. The van der Waals surface area contributed by atoms with Gasteiger partial charge < -0.3 is 15.0 Å². The van der Waals surface area contributed by atoms with Gasteiger partial charge in [-0.15, -0.1) is 0 Å². The molecular weight excluding hydrogens is 441 g/mol. The molecule has 6 nitrogen and oxygen atoms in total. The highest BCUT2D eigenvalue weighted by atomic mass is 19.1. The molecule has 3 aliphatic heterocycles. The molecule has 0 spiro atoms. The highest BCUT2D eigenvalue weighted by molar-refractivity contribution is 5.95. The maximum absolute atomic E-state index is 13.5. The molecule has 0 amide bonds. The number of rotatable bonds is 4. The molecule has 0 saturated carbocycles. The summed E-state index contributed by atoms with van der Waals surface area (Å²) in [5.74, 6) is 0.860. The molecule has 1 aromatic heterocycles. The van der Waals surface area contributed by atoms with E-state index in [1.807, 2.05) is 12.1 Å². The first-order chi connectivity index (χ1) is 17.1. The quantitative estimate of drug-likeness (QED) is 0.611. The van der Waals surface area contributed by atoms with E-state index in [2.05, 4.69) is 63.4 Å². The van der Waals surface area contributed by atoms with Crippen LogP contribution in [0.5, 0.6) is 5.75 Å². The van der Waals surface area contributed by atoms with Crippen molar-refractivity contribution >= 4 is 16.6 Å². The number of aromatic nitrogens is 1. The number of nitriles is 1. The molecule has 2 saturated heterocycles. The summed E-state index contributed by atoms with van der Waals surface area (Å²) in [4.78, 5) is 9.57. The van der Waals surface area contributed by atoms with E-state index in [-0.39, 0.29) is 6.04 Å². The average Bonchev–Trinajstić information content (AvgIpc) is 3.42. The smallest absolute Gasteiger partial charge is 0.119 e. The zero-order valence-corrected chi connectivity index (χ0v) is 20.0. The van der Waals surface area contributed by atoms with Crippen LogP contribution in [0, 0.1) is 11.3 Å². The van der Waals surface area contributed by atoms with E-state index in [4.69, 9.17) is 4.74 Å². The normalized spacial score (nSPS) is 26.3. The molecule has 6 rings (SSSR count). The highest BCUT2D eigenvalue weighted by Crippen LogP contribution is 2.41. The van der Waals surface area contributed by atoms with Gasteiger partial charge in [0.15, 0.2) is 0 Å². The lowest BCUT2D eigenvalue weighted by Crippen LogP contribution is -2.33. The Balaban J connectivity index is 1.26. The van der Waals surface area contributed by atoms with Crippen molar-refractivity contribution < 1.29 is 9.13 Å². The van der Waals surface area contributed by atoms with E-state index >= 15 is 0 Å². The fraction of sp³-hybridized carbons (Fsp3) is 0.429. The molecule has 2 aromatic carbocycles. The third-order valence-corrected chi connectivity index (χ3v) is 7.83. The summed E-state index contributed by atoms with van der Waals surface area (Å²) < 4.78 is 19.5. The van der Waals surface area contributed by atoms with Crippen molar-refractivity contribution in [1.82, 2.24) is 15.2 Å². The number of hydrogen-bond donors (Lipinski definition) is 1. The van der Waals surface area contributed by atoms with Crippen LogP contribution >= 0.6 is 0 Å². The summed E-state index contributed by atoms with van der Waals surface area (Å²) in [6.07, 6.45) is 2.57. The van der Waals surface area contributed by atoms with Crippen molar-refractivity contribution in [1.29, 1.82) is 5.26 Å². The predicted molar refractivity (Wildman–Crippen MR) is 134 cm³/mol. The molecule has 1 N–H and O–H groups in total. The topological polar surface area (TPSA) is 64.4 Å². The van der Waals surface area contributed by atoms with Crippen LogP contribution in [-0.2, 0) is 6.54 Å². The van der Waals surface area contributed by atoms with Crippen LogP contribution in [0.2, 0.25) is 0 Å². The number of benzene rings is 2. The number of nitrogens with zero attached hydrogens (tertiary/aromatic N) is 4. The molecule has 3 aromatic rings. The summed E-state index contributed by atoms with van der Waals surface area (Å²) in [7, 11) is 0. The van der Waals surface area contributed by atoms with Gasteiger partial charge in [-0.3, -0.25) is 9.88 Å². The Bertz CT molecular complexity index is 1290. The van der Waals surface area contributed by atoms with Crippen molar-refractivity contribution in [2.24, 2.45) is 0 Å². The largest absolute Gasteiger partial charge is 0.492 e. The fourth-order valence-corrected chi connectivity index (χ4v) is 5.93. The third kappa shape index (κ3) is 4.11. The average molecular weight is 472 g/mol. The molecule has 7 heteroatoms. The highest BCUT2D eigenvalue weighted by Gasteiger charge is 2.37. The van der Waals surface area contributed by atoms with E-state index in [1.54, 1.807) is 6.20 Å². The molecule has 4 heterocycles. The second-order valence-corrected chi connectivity index (χ2v) is 10.0. The van der Waals surface area contributed by atoms with Crippen molar-refractivity contribution in [2.45, 2.75) is 50.6 Å². The molecule has 2 fully saturated rings. The Morgan fingerprint density at radius 1 is 1.26 bits per heavy atom. The monoisotopic (exact) mass is 471 g/mol. The molecule has 0 bridgehead atoms. The van der Waals surface area contributed by atoms with Crippen LogP contribution in [-0.4, -0.2) is 54.4 Å². The standard InChI is InChI=1S/C28H30FN5O/c1-18-8-10-33(26-7-4-19(13-30)28-25(26)3-2-9-31-28)16-27-24-6-5-23(11-20(24)15-34(18)27)35-17-22-12-21(29)14-32-22/h2-7,9,11,18,21-22,27,32H,8,10,12,14-17H2,1H3. The summed E-state index contributed by atoms with van der Waals surface area (Å²) in [6.45, 7) is 6.00. The lowest BCUT2D eigenvalue weighted by Gasteiger charge is -2.30. The van der Waals surface area contributed by atoms with Gasteiger partial charge in [-0.1, -0.05) is 6.07 Å². The maximum atomic E-state index is 13.5. The SMILES string of the molecule is CC1CCN(c2ccc(C#N)c3ncccc23)CC2c3ccc(OCC4CC(F)CN4)cc3CN12. The van der Waals surface area contributed by atoms with E-state index in [0.717, 1.165) is 48.4 Å². The Labute approximate surface area is 205 Å². The Hall–Kier alpha value is -3.21. The second kappa shape index (κ2) is 9.10. The molecule has 4 unspecified atom stereocenters. The van der Waals surface area contributed by atoms with Crippen LogP contribution in [0.15, 0.2) is 48.7 Å². The first-order valence-corrected chi connectivity index (χ1v) is 12.5. The summed E-state index contributed by atoms with van der Waals surface area (Å²) in [5.41, 5.74) is 5.20. The number of halogens is 1. The van der Waals surface area contributed by atoms with Crippen molar-refractivity contribution in [3.63, 3.8) is 0 Å². The van der Waals surface area contributed by atoms with Crippen LogP contribution < -0.4 is 15.0 Å². The van der Waals surface area contributed by atoms with Gasteiger partial charge in [-0.05, 0) is 67.3 Å². The summed E-state index contributed by atoms with van der Waals surface area (Å²) in [6, 6.07) is 17.5. The number of anilines is 1. The molecule has 180 valence electrons. The van der Waals surface area contributed by atoms with Gasteiger partial charge in [-0.2, -0.15) is 5.26 Å². The lowest BCUT2D eigenvalue weighted by atomic mass is 10.0. The molecule has 0 radical (unpaired) electrons. The van der Waals surface area contributed by atoms with Crippen molar-refractivity contribution in [3.05, 3.63) is 65.4 Å². The first-order valence-electron chi connectivity index (χ1n) is 12.5. The van der Waals surface area contributed by atoms with Crippen LogP contribution in [0.4, 0.5) is 10.1 Å². The van der Waals surface area contributed by atoms with E-state index in [1.165, 1.54) is 11.1 Å². The Kier molecular flexibility index (Phi) is 5.79. The lowest BCUT2D eigenvalue weighted by molar-refractivity contribution is 0.169. The Morgan fingerprint density at radius 2 is 2.17 bits per heavy atom. The molecular formula is C28H30FN5O. The van der Waals surface area contributed by atoms with Gasteiger partial charge in [0.2, 0.25) is 0 Å². The number of pyridine rings is 1. The number of nitrogens with one attached hydrogen (secondary N) is 1. The maximum Gasteiger partial charge on any atom is 0.119 e. The van der Waals surface area contributed by atoms with E-state index < -0.39 is 6.17 Å². The van der Waals surface area contributed by atoms with Crippen LogP contribution in [0.1, 0.15) is 42.5 Å². The van der Waals surface area contributed by atoms with Gasteiger partial charge in [0.25, 0.3) is 0 Å². The summed E-state index contributed by atoms with van der Waals surface area (Å²) in [5, 5.41) is 13.8. The van der Waals surface area contributed by atoms with Gasteiger partial charge in [-0.25, -0.2) is 4.39 Å². The second-order valence-electron chi connectivity index (χ2n) is 10.0. The zero-order chi connectivity index (χ0) is 23.9. The minimum Gasteiger partial charge on any atom is -0.492 e. The number of alkyl halides is 1. The fourth-order valence-electron chi connectivity index (χ4n) is 5.93. The van der Waals surface area contributed by atoms with Crippen LogP contribution in [0.25, 0.3) is 10.9 Å². The zero-order valence-electron chi connectivity index (χ0n) is 20.0. The minimum absolute atomic E-state index is 0.0819. The first kappa shape index (κ1) is 22.3. The van der Waals surface area contributed by atoms with Gasteiger partial charge in [0, 0.05) is 55.5 Å². The number of fused-ring (bicyclic) bond motifs is 4. The van der Waals surface area contributed by atoms with Crippen LogP contribution in [0.3, 0.4) is 0 Å². The molecule has 35 heavy (non-hydrogen) atoms. The molecule has 4 atom stereocenters. The number of ether oxygens (including phenoxy) is 1. The Morgan fingerprint density at radius 3 is 3.00 bits per heavy atom. The minimum atomic E-state index is -0.767. The van der Waals surface area contributed by atoms with Gasteiger partial charge in [0.1, 0.15) is 24.6 Å². The number of hydrogen-bond acceptors (Lipinski definition) is 6. The predicted octanol–water partition coefficient (Wildman–Crippen LogP) is 4.34. The van der Waals surface area contributed by atoms with Crippen molar-refractivity contribution in [3.8, 4) is 11.8 Å². The summed E-state index contributed by atoms with van der Waals surface area (Å²) >= 11 is 0. The van der Waals surface area contributed by atoms with Crippen molar-refractivity contribution in [2.75, 3.05) is 31.1 Å².